The van der Waals surface area contributed by atoms with Crippen LogP contribution in [0.2, 0.25) is 0 Å². The average Bonchev–Trinajstić information content (AvgIpc) is 3.16. The Morgan fingerprint density at radius 3 is 2.16 bits per heavy atom. The summed E-state index contributed by atoms with van der Waals surface area (Å²) in [6, 6.07) is 9.33. The second-order valence-corrected chi connectivity index (χ2v) is 8.46. The van der Waals surface area contributed by atoms with Crippen LogP contribution >= 0.6 is 0 Å². The first-order valence-corrected chi connectivity index (χ1v) is 10.9. The topological polar surface area (TPSA) is 56.6 Å². The Kier molecular flexibility index (Phi) is 6.35. The highest BCUT2D eigenvalue weighted by Crippen LogP contribution is 2.26. The molecule has 0 spiro atoms. The molecule has 31 heavy (non-hydrogen) atoms. The predicted octanol–water partition coefficient (Wildman–Crippen LogP) is 3.39. The molecule has 1 saturated heterocycles. The summed E-state index contributed by atoms with van der Waals surface area (Å²) in [7, 11) is 0. The molecule has 0 unspecified atom stereocenters. The maximum absolute atomic E-state index is 14.2. The van der Waals surface area contributed by atoms with Crippen molar-refractivity contribution in [2.75, 3.05) is 39.3 Å². The Morgan fingerprint density at radius 2 is 1.55 bits per heavy atom. The van der Waals surface area contributed by atoms with Crippen LogP contribution in [0.25, 0.3) is 0 Å². The third-order valence-corrected chi connectivity index (χ3v) is 6.76. The standard InChI is InChI=1S/C25H28FN3O2/c1-17-19(5-6-22-23(17)16-31-25(22)30)7-9-28-11-13-29(14-12-28)10-8-20-3-4-21(15-27)24(26)18(20)2/h3-6H,7-14,16H2,1-2H3. The van der Waals surface area contributed by atoms with E-state index in [4.69, 9.17) is 10.00 Å². The first-order chi connectivity index (χ1) is 15.0. The zero-order valence-electron chi connectivity index (χ0n) is 18.2. The number of carbonyl (C=O) groups excluding carboxylic acids is 1. The minimum atomic E-state index is -0.386. The molecule has 0 atom stereocenters. The van der Waals surface area contributed by atoms with Gasteiger partial charge in [-0.05, 0) is 61.1 Å². The largest absolute Gasteiger partial charge is 0.457 e. The molecular weight excluding hydrogens is 393 g/mol. The summed E-state index contributed by atoms with van der Waals surface area (Å²) in [6.45, 7) is 10.2. The fourth-order valence-electron chi connectivity index (χ4n) is 4.54. The van der Waals surface area contributed by atoms with E-state index >= 15 is 0 Å². The number of nitrogens with zero attached hydrogens (tertiary/aromatic N) is 3. The van der Waals surface area contributed by atoms with Gasteiger partial charge < -0.3 is 14.5 Å². The van der Waals surface area contributed by atoms with Crippen LogP contribution in [0.3, 0.4) is 0 Å². The molecule has 0 N–H and O–H groups in total. The summed E-state index contributed by atoms with van der Waals surface area (Å²) >= 11 is 0. The van der Waals surface area contributed by atoms with E-state index in [1.165, 1.54) is 11.1 Å². The number of esters is 1. The second kappa shape index (κ2) is 9.17. The lowest BCUT2D eigenvalue weighted by Crippen LogP contribution is -2.47. The molecule has 2 aromatic carbocycles. The Labute approximate surface area is 183 Å². The molecular formula is C25H28FN3O2. The van der Waals surface area contributed by atoms with Gasteiger partial charge in [0.2, 0.25) is 0 Å². The van der Waals surface area contributed by atoms with Crippen LogP contribution in [0.15, 0.2) is 24.3 Å². The third kappa shape index (κ3) is 4.48. The molecule has 2 aromatic rings. The quantitative estimate of drug-likeness (QED) is 0.670. The van der Waals surface area contributed by atoms with E-state index in [2.05, 4.69) is 22.8 Å². The number of ether oxygens (including phenoxy) is 1. The van der Waals surface area contributed by atoms with E-state index in [1.54, 1.807) is 13.0 Å². The number of hydrogen-bond acceptors (Lipinski definition) is 5. The molecule has 0 radical (unpaired) electrons. The number of piperazine rings is 1. The minimum Gasteiger partial charge on any atom is -0.457 e. The van der Waals surface area contributed by atoms with Crippen molar-refractivity contribution in [2.45, 2.75) is 33.3 Å². The number of rotatable bonds is 6. The molecule has 2 heterocycles. The normalized spacial score (nSPS) is 16.8. The molecule has 2 aliphatic rings. The van der Waals surface area contributed by atoms with Crippen LogP contribution in [-0.4, -0.2) is 55.0 Å². The van der Waals surface area contributed by atoms with Crippen molar-refractivity contribution in [3.63, 3.8) is 0 Å². The van der Waals surface area contributed by atoms with Crippen molar-refractivity contribution in [3.8, 4) is 6.07 Å². The van der Waals surface area contributed by atoms with Gasteiger partial charge in [0, 0.05) is 44.8 Å². The molecule has 4 rings (SSSR count). The molecule has 0 amide bonds. The van der Waals surface area contributed by atoms with Gasteiger partial charge in [-0.25, -0.2) is 9.18 Å². The fraction of sp³-hybridized carbons (Fsp3) is 0.440. The molecule has 0 aliphatic carbocycles. The number of halogens is 1. The summed E-state index contributed by atoms with van der Waals surface area (Å²) in [5.41, 5.74) is 5.93. The van der Waals surface area contributed by atoms with Gasteiger partial charge in [-0.3, -0.25) is 0 Å². The SMILES string of the molecule is Cc1c(CCN2CCN(CCc3ccc4c(c3C)COC4=O)CC2)ccc(C#N)c1F. The number of cyclic esters (lactones) is 1. The zero-order valence-corrected chi connectivity index (χ0v) is 18.2. The van der Waals surface area contributed by atoms with Gasteiger partial charge >= 0.3 is 5.97 Å². The van der Waals surface area contributed by atoms with E-state index < -0.39 is 0 Å². The molecule has 0 bridgehead atoms. The van der Waals surface area contributed by atoms with Crippen LogP contribution in [0.5, 0.6) is 0 Å². The van der Waals surface area contributed by atoms with E-state index in [0.717, 1.165) is 63.2 Å². The van der Waals surface area contributed by atoms with Gasteiger partial charge in [0.25, 0.3) is 0 Å². The molecule has 162 valence electrons. The van der Waals surface area contributed by atoms with Crippen LogP contribution in [-0.2, 0) is 24.2 Å². The van der Waals surface area contributed by atoms with Crippen LogP contribution in [0, 0.1) is 31.0 Å². The van der Waals surface area contributed by atoms with E-state index in [-0.39, 0.29) is 17.3 Å². The first-order valence-electron chi connectivity index (χ1n) is 10.9. The van der Waals surface area contributed by atoms with Gasteiger partial charge in [-0.1, -0.05) is 12.1 Å². The van der Waals surface area contributed by atoms with Crippen molar-refractivity contribution in [1.29, 1.82) is 5.26 Å². The highest BCUT2D eigenvalue weighted by atomic mass is 19.1. The number of fused-ring (bicyclic) bond motifs is 1. The lowest BCUT2D eigenvalue weighted by molar-refractivity contribution is 0.0535. The van der Waals surface area contributed by atoms with E-state index in [9.17, 15) is 9.18 Å². The second-order valence-electron chi connectivity index (χ2n) is 8.46. The Morgan fingerprint density at radius 1 is 0.968 bits per heavy atom. The van der Waals surface area contributed by atoms with Gasteiger partial charge in [0.15, 0.2) is 0 Å². The molecule has 6 heteroatoms. The summed E-state index contributed by atoms with van der Waals surface area (Å²) in [6.07, 6.45) is 1.76. The van der Waals surface area contributed by atoms with E-state index in [1.807, 2.05) is 18.2 Å². The summed E-state index contributed by atoms with van der Waals surface area (Å²) in [4.78, 5) is 16.6. The monoisotopic (exact) mass is 421 g/mol. The Balaban J connectivity index is 1.25. The van der Waals surface area contributed by atoms with Crippen molar-refractivity contribution >= 4 is 5.97 Å². The molecule has 1 fully saturated rings. The third-order valence-electron chi connectivity index (χ3n) is 6.76. The minimum absolute atomic E-state index is 0.118. The van der Waals surface area contributed by atoms with Crippen molar-refractivity contribution in [1.82, 2.24) is 9.80 Å². The van der Waals surface area contributed by atoms with Crippen LogP contribution in [0.1, 0.15) is 43.7 Å². The van der Waals surface area contributed by atoms with Crippen LogP contribution < -0.4 is 0 Å². The highest BCUT2D eigenvalue weighted by Gasteiger charge is 2.24. The van der Waals surface area contributed by atoms with Gasteiger partial charge in [0.1, 0.15) is 18.5 Å². The lowest BCUT2D eigenvalue weighted by atomic mass is 9.96. The maximum atomic E-state index is 14.2. The predicted molar refractivity (Wildman–Crippen MR) is 116 cm³/mol. The first kappa shape index (κ1) is 21.5. The maximum Gasteiger partial charge on any atom is 0.338 e. The van der Waals surface area contributed by atoms with Crippen molar-refractivity contribution in [2.24, 2.45) is 0 Å². The van der Waals surface area contributed by atoms with Gasteiger partial charge in [0.05, 0.1) is 11.1 Å². The van der Waals surface area contributed by atoms with Gasteiger partial charge in [-0.15, -0.1) is 0 Å². The number of nitriles is 1. The summed E-state index contributed by atoms with van der Waals surface area (Å²) in [5, 5.41) is 8.95. The number of carbonyl (C=O) groups is 1. The van der Waals surface area contributed by atoms with Crippen molar-refractivity contribution < 1.29 is 13.9 Å². The van der Waals surface area contributed by atoms with E-state index in [0.29, 0.717) is 17.7 Å². The Bertz CT molecular complexity index is 1040. The summed E-state index contributed by atoms with van der Waals surface area (Å²) < 4.78 is 19.3. The molecule has 5 nitrogen and oxygen atoms in total. The lowest BCUT2D eigenvalue weighted by Gasteiger charge is -2.35. The van der Waals surface area contributed by atoms with Crippen molar-refractivity contribution in [3.05, 3.63) is 69.0 Å². The summed E-state index contributed by atoms with van der Waals surface area (Å²) in [5.74, 6) is -0.595. The molecule has 2 aliphatic heterocycles. The molecule has 0 saturated carbocycles. The average molecular weight is 422 g/mol. The fourth-order valence-corrected chi connectivity index (χ4v) is 4.54. The highest BCUT2D eigenvalue weighted by molar-refractivity contribution is 5.93. The number of hydrogen-bond donors (Lipinski definition) is 0. The Hall–Kier alpha value is -2.75. The zero-order chi connectivity index (χ0) is 22.0. The smallest absolute Gasteiger partial charge is 0.338 e. The molecule has 0 aromatic heterocycles. The van der Waals surface area contributed by atoms with Crippen LogP contribution in [0.4, 0.5) is 4.39 Å². The van der Waals surface area contributed by atoms with Gasteiger partial charge in [-0.2, -0.15) is 5.26 Å². The number of benzene rings is 2.